The maximum absolute atomic E-state index is 13.2. The second kappa shape index (κ2) is 10.6. The van der Waals surface area contributed by atoms with E-state index in [9.17, 15) is 4.79 Å². The second-order valence-corrected chi connectivity index (χ2v) is 8.43. The number of nitrogens with one attached hydrogen (secondary N) is 1. The number of hydrogen-bond acceptors (Lipinski definition) is 5. The van der Waals surface area contributed by atoms with Gasteiger partial charge in [-0.15, -0.1) is 10.2 Å². The molecule has 9 heteroatoms. The maximum Gasteiger partial charge on any atom is 0.329 e. The number of hydrogen-bond donors (Lipinski definition) is 1. The van der Waals surface area contributed by atoms with E-state index in [1.807, 2.05) is 34.9 Å². The topological polar surface area (TPSA) is 94.3 Å². The predicted octanol–water partition coefficient (Wildman–Crippen LogP) is 4.74. The van der Waals surface area contributed by atoms with Crippen LogP contribution in [0.3, 0.4) is 0 Å². The molecular weight excluding hydrogens is 438 g/mol. The van der Waals surface area contributed by atoms with E-state index in [-0.39, 0.29) is 5.69 Å². The first-order chi connectivity index (χ1) is 16.1. The molecule has 4 rings (SSSR count). The van der Waals surface area contributed by atoms with E-state index >= 15 is 0 Å². The van der Waals surface area contributed by atoms with Crippen LogP contribution in [0.4, 0.5) is 0 Å². The monoisotopic (exact) mass is 465 g/mol. The molecule has 4 aromatic rings. The zero-order chi connectivity index (χ0) is 23.2. The van der Waals surface area contributed by atoms with E-state index in [1.54, 1.807) is 17.0 Å². The molecule has 0 aliphatic carbocycles. The average molecular weight is 466 g/mol. The zero-order valence-corrected chi connectivity index (χ0v) is 19.7. The van der Waals surface area contributed by atoms with Crippen LogP contribution in [0, 0.1) is 0 Å². The smallest absolute Gasteiger partial charge is 0.290 e. The van der Waals surface area contributed by atoms with Crippen molar-refractivity contribution in [3.8, 4) is 22.5 Å². The van der Waals surface area contributed by atoms with Crippen LogP contribution in [0.2, 0.25) is 5.15 Å². The highest BCUT2D eigenvalue weighted by Gasteiger charge is 2.18. The number of tetrazole rings is 1. The van der Waals surface area contributed by atoms with Crippen molar-refractivity contribution in [2.45, 2.75) is 59.0 Å². The lowest BCUT2D eigenvalue weighted by Crippen LogP contribution is -2.25. The van der Waals surface area contributed by atoms with Crippen molar-refractivity contribution < 1.29 is 0 Å². The number of unbranched alkanes of at least 4 members (excludes halogenated alkanes) is 2. The number of nitrogens with zero attached hydrogens (tertiary/aromatic N) is 6. The number of aromatic nitrogens is 7. The Bertz CT molecular complexity index is 1240. The van der Waals surface area contributed by atoms with Crippen LogP contribution < -0.4 is 5.69 Å². The molecule has 0 amide bonds. The van der Waals surface area contributed by atoms with Crippen LogP contribution in [-0.4, -0.2) is 34.7 Å². The Morgan fingerprint density at radius 1 is 1.00 bits per heavy atom. The maximum atomic E-state index is 13.2. The highest BCUT2D eigenvalue weighted by atomic mass is 35.5. The number of benzene rings is 1. The van der Waals surface area contributed by atoms with Crippen molar-refractivity contribution in [1.82, 2.24) is 34.7 Å². The normalized spacial score (nSPS) is 11.2. The fourth-order valence-corrected chi connectivity index (χ4v) is 4.29. The van der Waals surface area contributed by atoms with Crippen molar-refractivity contribution in [3.63, 3.8) is 0 Å². The van der Waals surface area contributed by atoms with Crippen molar-refractivity contribution >= 4 is 11.6 Å². The predicted molar refractivity (Wildman–Crippen MR) is 129 cm³/mol. The minimum absolute atomic E-state index is 0.0304. The van der Waals surface area contributed by atoms with Crippen LogP contribution >= 0.6 is 11.6 Å². The van der Waals surface area contributed by atoms with Gasteiger partial charge in [0.15, 0.2) is 0 Å². The third-order valence-corrected chi connectivity index (χ3v) is 6.20. The van der Waals surface area contributed by atoms with Gasteiger partial charge >= 0.3 is 5.69 Å². The summed E-state index contributed by atoms with van der Waals surface area (Å²) in [6.45, 7) is 5.40. The molecule has 172 valence electrons. The van der Waals surface area contributed by atoms with Crippen LogP contribution in [0.5, 0.6) is 0 Å². The Labute approximate surface area is 197 Å². The summed E-state index contributed by atoms with van der Waals surface area (Å²) < 4.78 is 3.55. The highest BCUT2D eigenvalue weighted by molar-refractivity contribution is 6.30. The zero-order valence-electron chi connectivity index (χ0n) is 19.0. The minimum Gasteiger partial charge on any atom is -0.290 e. The number of rotatable bonds is 10. The first kappa shape index (κ1) is 22.9. The molecule has 0 unspecified atom stereocenters. The van der Waals surface area contributed by atoms with E-state index in [0.717, 1.165) is 60.1 Å². The molecule has 3 heterocycles. The van der Waals surface area contributed by atoms with Gasteiger partial charge < -0.3 is 0 Å². The first-order valence-corrected chi connectivity index (χ1v) is 11.8. The molecule has 0 saturated carbocycles. The largest absolute Gasteiger partial charge is 0.329 e. The molecule has 8 nitrogen and oxygen atoms in total. The van der Waals surface area contributed by atoms with Gasteiger partial charge in [-0.3, -0.25) is 14.1 Å². The number of pyridine rings is 1. The molecule has 0 spiro atoms. The number of H-pyrrole nitrogens is 1. The van der Waals surface area contributed by atoms with Crippen LogP contribution in [0.15, 0.2) is 47.5 Å². The second-order valence-electron chi connectivity index (χ2n) is 8.07. The highest BCUT2D eigenvalue weighted by Crippen LogP contribution is 2.29. The average Bonchev–Trinajstić information content (AvgIpc) is 3.45. The van der Waals surface area contributed by atoms with Crippen molar-refractivity contribution in [2.24, 2.45) is 0 Å². The Hall–Kier alpha value is -3.26. The first-order valence-electron chi connectivity index (χ1n) is 11.4. The van der Waals surface area contributed by atoms with E-state index in [4.69, 9.17) is 11.6 Å². The molecule has 33 heavy (non-hydrogen) atoms. The summed E-state index contributed by atoms with van der Waals surface area (Å²) in [6, 6.07) is 10.1. The van der Waals surface area contributed by atoms with Crippen LogP contribution in [-0.2, 0) is 19.5 Å². The molecule has 3 aromatic heterocycles. The summed E-state index contributed by atoms with van der Waals surface area (Å²) in [5.74, 6) is 0.498. The summed E-state index contributed by atoms with van der Waals surface area (Å²) in [4.78, 5) is 17.4. The van der Waals surface area contributed by atoms with Gasteiger partial charge in [-0.25, -0.2) is 4.79 Å². The van der Waals surface area contributed by atoms with Crippen LogP contribution in [0.25, 0.3) is 22.5 Å². The Morgan fingerprint density at radius 3 is 2.48 bits per heavy atom. The number of aromatic amines is 1. The van der Waals surface area contributed by atoms with Crippen molar-refractivity contribution in [3.05, 3.63) is 69.6 Å². The Morgan fingerprint density at radius 2 is 1.79 bits per heavy atom. The molecule has 0 saturated heterocycles. The fraction of sp³-hybridized carbons (Fsp3) is 0.375. The van der Waals surface area contributed by atoms with Gasteiger partial charge in [0.2, 0.25) is 5.82 Å². The Balaban J connectivity index is 1.64. The molecule has 0 aliphatic heterocycles. The van der Waals surface area contributed by atoms with Gasteiger partial charge in [-0.2, -0.15) is 5.21 Å². The van der Waals surface area contributed by atoms with E-state index in [1.165, 1.54) is 0 Å². The van der Waals surface area contributed by atoms with Gasteiger partial charge in [0.05, 0.1) is 12.2 Å². The van der Waals surface area contributed by atoms with E-state index in [2.05, 4.69) is 39.5 Å². The fourth-order valence-electron chi connectivity index (χ4n) is 3.94. The molecule has 0 aliphatic rings. The molecule has 0 bridgehead atoms. The van der Waals surface area contributed by atoms with Gasteiger partial charge in [0, 0.05) is 24.5 Å². The van der Waals surface area contributed by atoms with Gasteiger partial charge in [0.25, 0.3) is 0 Å². The third kappa shape index (κ3) is 4.90. The van der Waals surface area contributed by atoms with Gasteiger partial charge in [0.1, 0.15) is 5.15 Å². The van der Waals surface area contributed by atoms with Crippen LogP contribution in [0.1, 0.15) is 50.8 Å². The molecular formula is C24H28ClN7O. The van der Waals surface area contributed by atoms with Gasteiger partial charge in [-0.05, 0) is 47.2 Å². The summed E-state index contributed by atoms with van der Waals surface area (Å²) in [5, 5.41) is 14.9. The number of halogens is 1. The third-order valence-electron chi connectivity index (χ3n) is 5.78. The molecule has 1 N–H and O–H groups in total. The molecule has 0 fully saturated rings. The lowest BCUT2D eigenvalue weighted by molar-refractivity contribution is 0.592. The summed E-state index contributed by atoms with van der Waals surface area (Å²) in [6.07, 6.45) is 8.26. The van der Waals surface area contributed by atoms with E-state index < -0.39 is 0 Å². The van der Waals surface area contributed by atoms with Crippen molar-refractivity contribution in [1.29, 1.82) is 0 Å². The molecule has 0 atom stereocenters. The number of imidazole rings is 1. The molecule has 0 radical (unpaired) electrons. The minimum atomic E-state index is -0.0304. The van der Waals surface area contributed by atoms with Crippen molar-refractivity contribution in [2.75, 3.05) is 0 Å². The summed E-state index contributed by atoms with van der Waals surface area (Å²) in [7, 11) is 0. The quantitative estimate of drug-likeness (QED) is 0.365. The lowest BCUT2D eigenvalue weighted by Gasteiger charge is -2.10. The SMILES string of the molecule is CCCCc1c(Cl)n(CCCC)c(=O)n1Cc1ccc(-c2ccncc2-c2nn[nH]n2)cc1. The summed E-state index contributed by atoms with van der Waals surface area (Å²) >= 11 is 6.66. The lowest BCUT2D eigenvalue weighted by atomic mass is 10.00. The van der Waals surface area contributed by atoms with E-state index in [0.29, 0.717) is 24.1 Å². The standard InChI is InChI=1S/C24H28ClN7O/c1-3-5-7-21-22(25)31(14-6-4-2)24(33)32(21)16-17-8-10-18(11-9-17)19-12-13-26-15-20(19)23-27-29-30-28-23/h8-13,15H,3-7,14,16H2,1-2H3,(H,27,28,29,30). The van der Waals surface area contributed by atoms with Gasteiger partial charge in [-0.1, -0.05) is 62.6 Å². The Kier molecular flexibility index (Phi) is 7.34. The summed E-state index contributed by atoms with van der Waals surface area (Å²) in [5.41, 5.74) is 4.72. The molecule has 1 aromatic carbocycles.